The van der Waals surface area contributed by atoms with Gasteiger partial charge in [-0.05, 0) is 31.0 Å². The molecule has 2 aromatic rings. The molecule has 7 heteroatoms. The average Bonchev–Trinajstić information content (AvgIpc) is 2.95. The Bertz CT molecular complexity index is 630. The zero-order valence-electron chi connectivity index (χ0n) is 10.8. The molecule has 0 radical (unpaired) electrons. The van der Waals surface area contributed by atoms with Crippen LogP contribution < -0.4 is 10.0 Å². The maximum Gasteiger partial charge on any atom is 0.263 e. The van der Waals surface area contributed by atoms with Crippen molar-refractivity contribution in [1.29, 1.82) is 0 Å². The summed E-state index contributed by atoms with van der Waals surface area (Å²) >= 11 is 2.98. The minimum Gasteiger partial charge on any atom is -0.312 e. The molecule has 0 saturated heterocycles. The van der Waals surface area contributed by atoms with Gasteiger partial charge >= 0.3 is 0 Å². The van der Waals surface area contributed by atoms with E-state index < -0.39 is 10.0 Å². The molecule has 2 rings (SSSR count). The average molecular weight is 316 g/mol. The third kappa shape index (κ3) is 3.56. The van der Waals surface area contributed by atoms with Crippen molar-refractivity contribution in [3.8, 4) is 0 Å². The second-order valence-electron chi connectivity index (χ2n) is 4.03. The first-order valence-corrected chi connectivity index (χ1v) is 9.12. The summed E-state index contributed by atoms with van der Waals surface area (Å²) in [5, 5.41) is 6.82. The predicted octanol–water partition coefficient (Wildman–Crippen LogP) is 3.03. The quantitative estimate of drug-likeness (QED) is 0.861. The molecule has 0 atom stereocenters. The number of sulfonamides is 1. The highest BCUT2D eigenvalue weighted by Gasteiger charge is 2.20. The Labute approximate surface area is 121 Å². The minimum atomic E-state index is -3.48. The van der Waals surface area contributed by atoms with Gasteiger partial charge in [-0.15, -0.1) is 11.3 Å². The third-order valence-corrected chi connectivity index (χ3v) is 5.91. The van der Waals surface area contributed by atoms with Crippen LogP contribution in [-0.2, 0) is 16.6 Å². The predicted molar refractivity (Wildman–Crippen MR) is 81.6 cm³/mol. The zero-order chi connectivity index (χ0) is 13.9. The summed E-state index contributed by atoms with van der Waals surface area (Å²) < 4.78 is 27.2. The number of nitrogens with one attached hydrogen (secondary N) is 2. The molecule has 2 aromatic heterocycles. The van der Waals surface area contributed by atoms with E-state index in [0.29, 0.717) is 17.1 Å². The van der Waals surface area contributed by atoms with Crippen molar-refractivity contribution in [1.82, 2.24) is 5.32 Å². The number of rotatable bonds is 6. The van der Waals surface area contributed by atoms with Crippen molar-refractivity contribution in [2.45, 2.75) is 25.3 Å². The Kier molecular flexibility index (Phi) is 4.62. The molecular weight excluding hydrogens is 300 g/mol. The first kappa shape index (κ1) is 14.5. The molecule has 0 aromatic carbocycles. The summed E-state index contributed by atoms with van der Waals surface area (Å²) in [5.74, 6) is 0. The molecule has 4 nitrogen and oxygen atoms in total. The topological polar surface area (TPSA) is 58.2 Å². The fourth-order valence-electron chi connectivity index (χ4n) is 1.66. The van der Waals surface area contributed by atoms with Gasteiger partial charge in [-0.1, -0.05) is 6.92 Å². The molecule has 2 heterocycles. The number of anilines is 1. The van der Waals surface area contributed by atoms with Gasteiger partial charge in [0, 0.05) is 21.7 Å². The highest BCUT2D eigenvalue weighted by Crippen LogP contribution is 2.27. The first-order valence-electron chi connectivity index (χ1n) is 5.88. The van der Waals surface area contributed by atoms with Crippen molar-refractivity contribution >= 4 is 38.4 Å². The molecule has 0 aliphatic rings. The van der Waals surface area contributed by atoms with E-state index in [2.05, 4.69) is 10.0 Å². The maximum atomic E-state index is 12.3. The van der Waals surface area contributed by atoms with Gasteiger partial charge in [-0.25, -0.2) is 8.42 Å². The molecular formula is C12H16N2O2S3. The number of hydrogen-bond donors (Lipinski definition) is 2. The van der Waals surface area contributed by atoms with E-state index >= 15 is 0 Å². The van der Waals surface area contributed by atoms with E-state index in [-0.39, 0.29) is 0 Å². The molecule has 0 aliphatic carbocycles. The van der Waals surface area contributed by atoms with Gasteiger partial charge in [0.05, 0.1) is 5.69 Å². The zero-order valence-corrected chi connectivity index (χ0v) is 13.2. The van der Waals surface area contributed by atoms with Gasteiger partial charge in [0.2, 0.25) is 0 Å². The summed E-state index contributed by atoms with van der Waals surface area (Å²) in [6, 6.07) is 3.50. The second-order valence-corrected chi connectivity index (χ2v) is 7.80. The normalized spacial score (nSPS) is 11.7. The van der Waals surface area contributed by atoms with Crippen LogP contribution in [0.1, 0.15) is 16.7 Å². The summed E-state index contributed by atoms with van der Waals surface area (Å²) in [4.78, 5) is 2.22. The maximum absolute atomic E-state index is 12.3. The first-order chi connectivity index (χ1) is 9.03. The molecule has 2 N–H and O–H groups in total. The van der Waals surface area contributed by atoms with E-state index in [9.17, 15) is 8.42 Å². The lowest BCUT2D eigenvalue weighted by molar-refractivity contribution is 0.601. The van der Waals surface area contributed by atoms with Crippen molar-refractivity contribution in [2.75, 3.05) is 11.3 Å². The Morgan fingerprint density at radius 3 is 2.79 bits per heavy atom. The Hall–Kier alpha value is -0.890. The lowest BCUT2D eigenvalue weighted by Gasteiger charge is -2.04. The highest BCUT2D eigenvalue weighted by atomic mass is 32.2. The fourth-order valence-corrected chi connectivity index (χ4v) is 4.98. The van der Waals surface area contributed by atoms with E-state index in [4.69, 9.17) is 0 Å². The molecule has 104 valence electrons. The van der Waals surface area contributed by atoms with Crippen LogP contribution in [0.4, 0.5) is 5.69 Å². The summed E-state index contributed by atoms with van der Waals surface area (Å²) in [6.45, 7) is 5.43. The third-order valence-electron chi connectivity index (χ3n) is 2.54. The van der Waals surface area contributed by atoms with Gasteiger partial charge in [-0.3, -0.25) is 4.72 Å². The van der Waals surface area contributed by atoms with Crippen molar-refractivity contribution in [2.24, 2.45) is 0 Å². The van der Waals surface area contributed by atoms with Crippen LogP contribution in [0.2, 0.25) is 0 Å². The number of hydrogen-bond acceptors (Lipinski definition) is 5. The fraction of sp³-hybridized carbons (Fsp3) is 0.333. The van der Waals surface area contributed by atoms with Gasteiger partial charge in [0.15, 0.2) is 0 Å². The molecule has 19 heavy (non-hydrogen) atoms. The highest BCUT2D eigenvalue weighted by molar-refractivity contribution is 7.93. The van der Waals surface area contributed by atoms with Crippen LogP contribution >= 0.6 is 22.7 Å². The summed E-state index contributed by atoms with van der Waals surface area (Å²) in [5.41, 5.74) is 0.615. The van der Waals surface area contributed by atoms with Crippen LogP contribution in [0, 0.1) is 6.92 Å². The van der Waals surface area contributed by atoms with Crippen molar-refractivity contribution < 1.29 is 8.42 Å². The molecule has 0 bridgehead atoms. The Morgan fingerprint density at radius 1 is 1.37 bits per heavy atom. The molecule has 0 saturated carbocycles. The second kappa shape index (κ2) is 6.04. The molecule has 0 unspecified atom stereocenters. The van der Waals surface area contributed by atoms with Crippen LogP contribution in [0.15, 0.2) is 27.8 Å². The summed E-state index contributed by atoms with van der Waals surface area (Å²) in [7, 11) is -3.48. The Balaban J connectivity index is 2.22. The van der Waals surface area contributed by atoms with Crippen LogP contribution in [0.3, 0.4) is 0 Å². The molecule has 0 spiro atoms. The SMILES string of the molecule is CCNCc1cc(S(=O)(=O)Nc2ccsc2)c(C)s1. The lowest BCUT2D eigenvalue weighted by atomic mass is 10.4. The van der Waals surface area contributed by atoms with Gasteiger partial charge in [0.25, 0.3) is 10.0 Å². The van der Waals surface area contributed by atoms with Gasteiger partial charge < -0.3 is 5.32 Å². The smallest absolute Gasteiger partial charge is 0.263 e. The van der Waals surface area contributed by atoms with Crippen molar-refractivity contribution in [3.05, 3.63) is 32.6 Å². The van der Waals surface area contributed by atoms with E-state index in [1.165, 1.54) is 22.7 Å². The number of thiophene rings is 2. The van der Waals surface area contributed by atoms with Gasteiger partial charge in [0.1, 0.15) is 4.90 Å². The van der Waals surface area contributed by atoms with Crippen LogP contribution in [0.25, 0.3) is 0 Å². The van der Waals surface area contributed by atoms with E-state index in [1.807, 2.05) is 19.2 Å². The molecule has 0 fully saturated rings. The largest absolute Gasteiger partial charge is 0.312 e. The van der Waals surface area contributed by atoms with E-state index in [0.717, 1.165) is 16.3 Å². The monoisotopic (exact) mass is 316 g/mol. The lowest BCUT2D eigenvalue weighted by Crippen LogP contribution is -2.13. The minimum absolute atomic E-state index is 0.372. The molecule has 0 aliphatic heterocycles. The van der Waals surface area contributed by atoms with E-state index in [1.54, 1.807) is 17.5 Å². The van der Waals surface area contributed by atoms with Crippen LogP contribution in [-0.4, -0.2) is 15.0 Å². The number of aryl methyl sites for hydroxylation is 1. The Morgan fingerprint density at radius 2 is 2.16 bits per heavy atom. The molecule has 0 amide bonds. The van der Waals surface area contributed by atoms with Gasteiger partial charge in [-0.2, -0.15) is 11.3 Å². The standard InChI is InChI=1S/C12H16N2O2S3/c1-3-13-7-11-6-12(9(2)18-11)19(15,16)14-10-4-5-17-8-10/h4-6,8,13-14H,3,7H2,1-2H3. The summed E-state index contributed by atoms with van der Waals surface area (Å²) in [6.07, 6.45) is 0. The van der Waals surface area contributed by atoms with Crippen LogP contribution in [0.5, 0.6) is 0 Å². The van der Waals surface area contributed by atoms with Crippen molar-refractivity contribution in [3.63, 3.8) is 0 Å².